The highest BCUT2D eigenvalue weighted by molar-refractivity contribution is 6.12. The van der Waals surface area contributed by atoms with Crippen LogP contribution in [0.5, 0.6) is 0 Å². The third-order valence-electron chi connectivity index (χ3n) is 6.97. The molecule has 3 heterocycles. The van der Waals surface area contributed by atoms with E-state index >= 15 is 0 Å². The number of hydrogen-bond acceptors (Lipinski definition) is 4. The van der Waals surface area contributed by atoms with Gasteiger partial charge in [0.25, 0.3) is 0 Å². The number of nitrogens with one attached hydrogen (secondary N) is 2. The maximum absolute atomic E-state index is 5.25. The van der Waals surface area contributed by atoms with Crippen LogP contribution in [-0.2, 0) is 0 Å². The second kappa shape index (κ2) is 8.08. The van der Waals surface area contributed by atoms with E-state index < -0.39 is 0 Å². The first-order chi connectivity index (χ1) is 16.2. The molecule has 2 aromatic carbocycles. The fourth-order valence-electron chi connectivity index (χ4n) is 5.23. The lowest BCUT2D eigenvalue weighted by Crippen LogP contribution is -2.35. The highest BCUT2D eigenvalue weighted by atomic mass is 15.0. The summed E-state index contributed by atoms with van der Waals surface area (Å²) in [4.78, 5) is 18.0. The Morgan fingerprint density at radius 3 is 2.62 bits per heavy atom. The SMILES string of the molecule is C=Nc1c(C=CC)c2nc(C3c4cc(C(C)C)ccc4NC3C(C)(C)C)[nH]c2c2cccnc12. The Morgan fingerprint density at radius 2 is 1.94 bits per heavy atom. The van der Waals surface area contributed by atoms with Crippen LogP contribution in [-0.4, -0.2) is 27.7 Å². The lowest BCUT2D eigenvalue weighted by molar-refractivity contribution is 0.323. The minimum Gasteiger partial charge on any atom is -0.380 e. The number of nitrogens with zero attached hydrogens (tertiary/aromatic N) is 3. The van der Waals surface area contributed by atoms with Gasteiger partial charge in [-0.3, -0.25) is 9.98 Å². The van der Waals surface area contributed by atoms with Gasteiger partial charge in [-0.25, -0.2) is 4.98 Å². The molecule has 4 aromatic rings. The van der Waals surface area contributed by atoms with Crippen molar-refractivity contribution in [2.24, 2.45) is 10.4 Å². The number of aromatic amines is 1. The molecule has 5 nitrogen and oxygen atoms in total. The van der Waals surface area contributed by atoms with Crippen LogP contribution in [0.4, 0.5) is 11.4 Å². The predicted molar refractivity (Wildman–Crippen MR) is 145 cm³/mol. The molecule has 2 N–H and O–H groups in total. The van der Waals surface area contributed by atoms with Crippen LogP contribution in [0.2, 0.25) is 0 Å². The molecular formula is C29H33N5. The van der Waals surface area contributed by atoms with Gasteiger partial charge in [0, 0.05) is 28.9 Å². The number of benzene rings is 2. The molecule has 0 spiro atoms. The normalized spacial score (nSPS) is 18.2. The molecule has 0 saturated heterocycles. The van der Waals surface area contributed by atoms with E-state index in [1.54, 1.807) is 6.20 Å². The van der Waals surface area contributed by atoms with Crippen molar-refractivity contribution < 1.29 is 0 Å². The van der Waals surface area contributed by atoms with E-state index in [-0.39, 0.29) is 17.4 Å². The quantitative estimate of drug-likeness (QED) is 0.314. The third kappa shape index (κ3) is 3.42. The molecule has 5 rings (SSSR count). The molecule has 34 heavy (non-hydrogen) atoms. The second-order valence-electron chi connectivity index (χ2n) is 10.6. The Labute approximate surface area is 201 Å². The van der Waals surface area contributed by atoms with Crippen molar-refractivity contribution in [2.75, 3.05) is 5.32 Å². The summed E-state index contributed by atoms with van der Waals surface area (Å²) in [5.74, 6) is 1.54. The zero-order valence-corrected chi connectivity index (χ0v) is 20.9. The van der Waals surface area contributed by atoms with Gasteiger partial charge in [0.05, 0.1) is 28.2 Å². The number of rotatable bonds is 4. The van der Waals surface area contributed by atoms with E-state index in [9.17, 15) is 0 Å². The average Bonchev–Trinajstić information content (AvgIpc) is 3.40. The fraction of sp³-hybridized carbons (Fsp3) is 0.345. The van der Waals surface area contributed by atoms with E-state index in [1.165, 1.54) is 16.8 Å². The lowest BCUT2D eigenvalue weighted by Gasteiger charge is -2.32. The van der Waals surface area contributed by atoms with Crippen molar-refractivity contribution in [3.63, 3.8) is 0 Å². The van der Waals surface area contributed by atoms with Gasteiger partial charge < -0.3 is 10.3 Å². The van der Waals surface area contributed by atoms with Gasteiger partial charge in [-0.05, 0) is 54.3 Å². The van der Waals surface area contributed by atoms with Crippen molar-refractivity contribution in [1.82, 2.24) is 15.0 Å². The highest BCUT2D eigenvalue weighted by Gasteiger charge is 2.42. The Morgan fingerprint density at radius 1 is 1.15 bits per heavy atom. The van der Waals surface area contributed by atoms with E-state index in [1.807, 2.05) is 19.1 Å². The van der Waals surface area contributed by atoms with Crippen molar-refractivity contribution in [3.05, 3.63) is 65.1 Å². The molecule has 0 amide bonds. The summed E-state index contributed by atoms with van der Waals surface area (Å²) in [7, 11) is 0. The number of anilines is 1. The van der Waals surface area contributed by atoms with E-state index in [4.69, 9.17) is 4.98 Å². The number of aromatic nitrogens is 3. The number of imidazole rings is 1. The van der Waals surface area contributed by atoms with Crippen LogP contribution in [0.15, 0.2) is 47.6 Å². The number of aliphatic imine (C=N–C) groups is 1. The molecule has 174 valence electrons. The largest absolute Gasteiger partial charge is 0.380 e. The first-order valence-corrected chi connectivity index (χ1v) is 12.0. The topological polar surface area (TPSA) is 66.0 Å². The average molecular weight is 452 g/mol. The minimum absolute atomic E-state index is 0.0320. The molecule has 0 saturated carbocycles. The fourth-order valence-corrected chi connectivity index (χ4v) is 5.23. The van der Waals surface area contributed by atoms with Gasteiger partial charge in [-0.15, -0.1) is 0 Å². The molecule has 5 heteroatoms. The predicted octanol–water partition coefficient (Wildman–Crippen LogP) is 7.57. The summed E-state index contributed by atoms with van der Waals surface area (Å²) in [5.41, 5.74) is 8.37. The van der Waals surface area contributed by atoms with Crippen LogP contribution in [0, 0.1) is 5.41 Å². The number of fused-ring (bicyclic) bond motifs is 4. The number of allylic oxidation sites excluding steroid dienone is 1. The van der Waals surface area contributed by atoms with Gasteiger partial charge in [0.1, 0.15) is 5.82 Å². The Kier molecular flexibility index (Phi) is 5.31. The maximum atomic E-state index is 5.25. The molecule has 2 unspecified atom stereocenters. The molecule has 2 aromatic heterocycles. The van der Waals surface area contributed by atoms with Crippen molar-refractivity contribution in [3.8, 4) is 0 Å². The number of H-pyrrole nitrogens is 1. The monoisotopic (exact) mass is 451 g/mol. The van der Waals surface area contributed by atoms with Gasteiger partial charge >= 0.3 is 0 Å². The smallest absolute Gasteiger partial charge is 0.117 e. The van der Waals surface area contributed by atoms with Crippen molar-refractivity contribution in [2.45, 2.75) is 59.4 Å². The zero-order chi connectivity index (χ0) is 24.2. The van der Waals surface area contributed by atoms with Crippen molar-refractivity contribution >= 4 is 46.1 Å². The van der Waals surface area contributed by atoms with Gasteiger partial charge in [0.15, 0.2) is 0 Å². The van der Waals surface area contributed by atoms with E-state index in [0.717, 1.165) is 39.0 Å². The first kappa shape index (κ1) is 22.3. The summed E-state index contributed by atoms with van der Waals surface area (Å²) < 4.78 is 0. The lowest BCUT2D eigenvalue weighted by atomic mass is 9.78. The molecular weight excluding hydrogens is 418 g/mol. The summed E-state index contributed by atoms with van der Waals surface area (Å²) in [6, 6.07) is 11.1. The first-order valence-electron chi connectivity index (χ1n) is 12.0. The maximum Gasteiger partial charge on any atom is 0.117 e. The van der Waals surface area contributed by atoms with E-state index in [0.29, 0.717) is 5.92 Å². The van der Waals surface area contributed by atoms with Crippen LogP contribution >= 0.6 is 0 Å². The third-order valence-corrected chi connectivity index (χ3v) is 6.97. The van der Waals surface area contributed by atoms with Gasteiger partial charge in [0.2, 0.25) is 0 Å². The molecule has 2 atom stereocenters. The Hall–Kier alpha value is -3.47. The van der Waals surface area contributed by atoms with E-state index in [2.05, 4.69) is 92.0 Å². The molecule has 0 aliphatic carbocycles. The van der Waals surface area contributed by atoms with Gasteiger partial charge in [-0.2, -0.15) is 0 Å². The highest BCUT2D eigenvalue weighted by Crippen LogP contribution is 2.48. The molecule has 1 aliphatic rings. The molecule has 1 aliphatic heterocycles. The summed E-state index contributed by atoms with van der Waals surface area (Å²) >= 11 is 0. The van der Waals surface area contributed by atoms with Gasteiger partial charge in [-0.1, -0.05) is 58.9 Å². The minimum atomic E-state index is 0.0320. The summed E-state index contributed by atoms with van der Waals surface area (Å²) in [5, 5.41) is 4.83. The number of pyridine rings is 1. The molecule has 0 fully saturated rings. The summed E-state index contributed by atoms with van der Waals surface area (Å²) in [6.45, 7) is 17.2. The standard InChI is InChI=1S/C29H33N5/c1-8-10-18-23(30-7)24-19(11-9-14-31-24)26-25(18)33-28(34-26)22-20-15-17(16(2)3)12-13-21(20)32-27(22)29(4,5)6/h8-16,22,27,32H,7H2,1-6H3,(H,33,34). The Bertz CT molecular complexity index is 1430. The van der Waals surface area contributed by atoms with Crippen LogP contribution in [0.1, 0.15) is 75.9 Å². The van der Waals surface area contributed by atoms with Crippen LogP contribution < -0.4 is 5.32 Å². The van der Waals surface area contributed by atoms with Crippen molar-refractivity contribution in [1.29, 1.82) is 0 Å². The number of hydrogen-bond donors (Lipinski definition) is 2. The molecule has 0 bridgehead atoms. The zero-order valence-electron chi connectivity index (χ0n) is 20.9. The Balaban J connectivity index is 1.82. The molecule has 0 radical (unpaired) electrons. The second-order valence-corrected chi connectivity index (χ2v) is 10.6. The van der Waals surface area contributed by atoms with Crippen LogP contribution in [0.3, 0.4) is 0 Å². The van der Waals surface area contributed by atoms with Crippen LogP contribution in [0.25, 0.3) is 28.0 Å². The summed E-state index contributed by atoms with van der Waals surface area (Å²) in [6.07, 6.45) is 5.88.